The zero-order valence-corrected chi connectivity index (χ0v) is 12.9. The van der Waals surface area contributed by atoms with Crippen molar-refractivity contribution in [1.82, 2.24) is 14.5 Å². The third-order valence-electron chi connectivity index (χ3n) is 3.87. The van der Waals surface area contributed by atoms with Crippen LogP contribution in [0.15, 0.2) is 35.4 Å². The number of nitrogens with one attached hydrogen (secondary N) is 1. The van der Waals surface area contributed by atoms with Gasteiger partial charge < -0.3 is 0 Å². The van der Waals surface area contributed by atoms with Crippen molar-refractivity contribution in [1.29, 1.82) is 0 Å². The van der Waals surface area contributed by atoms with Crippen molar-refractivity contribution in [2.45, 2.75) is 37.1 Å². The summed E-state index contributed by atoms with van der Waals surface area (Å²) in [6, 6.07) is 4.99. The molecule has 0 amide bonds. The summed E-state index contributed by atoms with van der Waals surface area (Å²) in [4.78, 5) is -0.0602. The molecule has 0 radical (unpaired) electrons. The maximum Gasteiger partial charge on any atom is 0.240 e. The minimum Gasteiger partial charge on any atom is -0.268 e. The Morgan fingerprint density at radius 3 is 2.91 bits per heavy atom. The maximum absolute atomic E-state index is 13.1. The molecule has 7 heteroatoms. The van der Waals surface area contributed by atoms with Gasteiger partial charge in [0.25, 0.3) is 0 Å². The molecule has 1 N–H and O–H groups in total. The Kier molecular flexibility index (Phi) is 4.26. The molecule has 0 saturated heterocycles. The number of hydrogen-bond acceptors (Lipinski definition) is 3. The van der Waals surface area contributed by atoms with E-state index >= 15 is 0 Å². The van der Waals surface area contributed by atoms with E-state index in [1.807, 2.05) is 10.9 Å². The molecule has 5 nitrogen and oxygen atoms in total. The van der Waals surface area contributed by atoms with Gasteiger partial charge in [-0.2, -0.15) is 5.10 Å². The number of sulfonamides is 1. The SMILES string of the molecule is O=S(=O)(NCCn1ncc2c1CCCC2)c1cccc(F)c1. The standard InChI is InChI=1S/C15H18FN3O2S/c16-13-5-3-6-14(10-13)22(20,21)18-8-9-19-15-7-2-1-4-12(15)11-17-19/h3,5-6,10-11,18H,1-2,4,7-9H2. The molecule has 22 heavy (non-hydrogen) atoms. The highest BCUT2D eigenvalue weighted by Crippen LogP contribution is 2.20. The molecular weight excluding hydrogens is 305 g/mol. The van der Waals surface area contributed by atoms with Crippen molar-refractivity contribution < 1.29 is 12.8 Å². The lowest BCUT2D eigenvalue weighted by atomic mass is 9.98. The van der Waals surface area contributed by atoms with Gasteiger partial charge in [-0.05, 0) is 49.4 Å². The maximum atomic E-state index is 13.1. The molecule has 2 aromatic rings. The number of hydrogen-bond donors (Lipinski definition) is 1. The van der Waals surface area contributed by atoms with Gasteiger partial charge in [0.1, 0.15) is 5.82 Å². The van der Waals surface area contributed by atoms with Crippen molar-refractivity contribution in [3.05, 3.63) is 47.5 Å². The minimum absolute atomic E-state index is 0.0602. The molecule has 1 aromatic heterocycles. The smallest absolute Gasteiger partial charge is 0.240 e. The molecule has 0 bridgehead atoms. The van der Waals surface area contributed by atoms with E-state index in [4.69, 9.17) is 0 Å². The zero-order chi connectivity index (χ0) is 15.6. The summed E-state index contributed by atoms with van der Waals surface area (Å²) in [7, 11) is -3.69. The van der Waals surface area contributed by atoms with Crippen molar-refractivity contribution in [2.24, 2.45) is 0 Å². The molecule has 118 valence electrons. The number of aromatic nitrogens is 2. The van der Waals surface area contributed by atoms with E-state index in [2.05, 4.69) is 9.82 Å². The number of fused-ring (bicyclic) bond motifs is 1. The van der Waals surface area contributed by atoms with E-state index < -0.39 is 15.8 Å². The fourth-order valence-electron chi connectivity index (χ4n) is 2.75. The van der Waals surface area contributed by atoms with Crippen LogP contribution in [-0.4, -0.2) is 24.7 Å². The third kappa shape index (κ3) is 3.20. The summed E-state index contributed by atoms with van der Waals surface area (Å²) in [6.07, 6.45) is 6.24. The van der Waals surface area contributed by atoms with Gasteiger partial charge in [0, 0.05) is 12.2 Å². The molecule has 0 atom stereocenters. The summed E-state index contributed by atoms with van der Waals surface area (Å²) >= 11 is 0. The second-order valence-corrected chi connectivity index (χ2v) is 7.17. The normalized spacial score (nSPS) is 14.8. The molecular formula is C15H18FN3O2S. The van der Waals surface area contributed by atoms with Crippen molar-refractivity contribution in [2.75, 3.05) is 6.54 Å². The van der Waals surface area contributed by atoms with Crippen LogP contribution in [0.25, 0.3) is 0 Å². The van der Waals surface area contributed by atoms with Gasteiger partial charge in [-0.15, -0.1) is 0 Å². The number of benzene rings is 1. The van der Waals surface area contributed by atoms with Crippen LogP contribution in [-0.2, 0) is 29.4 Å². The Balaban J connectivity index is 1.64. The molecule has 3 rings (SSSR count). The minimum atomic E-state index is -3.69. The summed E-state index contributed by atoms with van der Waals surface area (Å²) in [5, 5.41) is 4.33. The molecule has 0 fully saturated rings. The Morgan fingerprint density at radius 1 is 1.27 bits per heavy atom. The largest absolute Gasteiger partial charge is 0.268 e. The Labute approximate surface area is 129 Å². The van der Waals surface area contributed by atoms with Crippen molar-refractivity contribution in [3.63, 3.8) is 0 Å². The first-order valence-corrected chi connectivity index (χ1v) is 8.83. The molecule has 1 heterocycles. The molecule has 0 saturated carbocycles. The molecule has 1 aromatic carbocycles. The Bertz CT molecular complexity index is 771. The molecule has 0 unspecified atom stereocenters. The fourth-order valence-corrected chi connectivity index (χ4v) is 3.80. The lowest BCUT2D eigenvalue weighted by Crippen LogP contribution is -2.28. The third-order valence-corrected chi connectivity index (χ3v) is 5.33. The van der Waals surface area contributed by atoms with Crippen LogP contribution in [0.3, 0.4) is 0 Å². The summed E-state index contributed by atoms with van der Waals surface area (Å²) in [5.74, 6) is -0.566. The van der Waals surface area contributed by atoms with Crippen LogP contribution in [0, 0.1) is 5.82 Å². The van der Waals surface area contributed by atoms with Crippen LogP contribution < -0.4 is 4.72 Å². The van der Waals surface area contributed by atoms with Gasteiger partial charge in [-0.25, -0.2) is 17.5 Å². The number of rotatable bonds is 5. The fraction of sp³-hybridized carbons (Fsp3) is 0.400. The topological polar surface area (TPSA) is 64.0 Å². The Morgan fingerprint density at radius 2 is 2.09 bits per heavy atom. The van der Waals surface area contributed by atoms with E-state index in [-0.39, 0.29) is 11.4 Å². The second-order valence-electron chi connectivity index (χ2n) is 5.40. The monoisotopic (exact) mass is 323 g/mol. The van der Waals surface area contributed by atoms with Crippen LogP contribution in [0.5, 0.6) is 0 Å². The predicted molar refractivity (Wildman–Crippen MR) is 80.5 cm³/mol. The lowest BCUT2D eigenvalue weighted by Gasteiger charge is -2.14. The summed E-state index contributed by atoms with van der Waals surface area (Å²) in [6.45, 7) is 0.705. The average molecular weight is 323 g/mol. The second kappa shape index (κ2) is 6.18. The van der Waals surface area contributed by atoms with Crippen LogP contribution in [0.2, 0.25) is 0 Å². The first-order chi connectivity index (χ1) is 10.6. The van der Waals surface area contributed by atoms with E-state index in [1.165, 1.54) is 35.9 Å². The Hall–Kier alpha value is -1.73. The lowest BCUT2D eigenvalue weighted by molar-refractivity contribution is 0.537. The molecule has 0 spiro atoms. The molecule has 1 aliphatic rings. The quantitative estimate of drug-likeness (QED) is 0.914. The van der Waals surface area contributed by atoms with Gasteiger partial charge in [0.2, 0.25) is 10.0 Å². The zero-order valence-electron chi connectivity index (χ0n) is 12.1. The van der Waals surface area contributed by atoms with Crippen molar-refractivity contribution >= 4 is 10.0 Å². The van der Waals surface area contributed by atoms with Crippen molar-refractivity contribution in [3.8, 4) is 0 Å². The average Bonchev–Trinajstić information content (AvgIpc) is 2.91. The van der Waals surface area contributed by atoms with E-state index in [9.17, 15) is 12.8 Å². The number of halogens is 1. The van der Waals surface area contributed by atoms with E-state index in [0.29, 0.717) is 6.54 Å². The van der Waals surface area contributed by atoms with Crippen LogP contribution >= 0.6 is 0 Å². The summed E-state index contributed by atoms with van der Waals surface area (Å²) < 4.78 is 41.7. The molecule has 0 aliphatic heterocycles. The van der Waals surface area contributed by atoms with Gasteiger partial charge in [0.15, 0.2) is 0 Å². The van der Waals surface area contributed by atoms with Gasteiger partial charge in [0.05, 0.1) is 17.6 Å². The highest BCUT2D eigenvalue weighted by atomic mass is 32.2. The predicted octanol–water partition coefficient (Wildman–Crippen LogP) is 1.88. The highest BCUT2D eigenvalue weighted by molar-refractivity contribution is 7.89. The van der Waals surface area contributed by atoms with Crippen LogP contribution in [0.1, 0.15) is 24.1 Å². The summed E-state index contributed by atoms with van der Waals surface area (Å²) in [5.41, 5.74) is 2.47. The highest BCUT2D eigenvalue weighted by Gasteiger charge is 2.17. The van der Waals surface area contributed by atoms with E-state index in [1.54, 1.807) is 0 Å². The van der Waals surface area contributed by atoms with Gasteiger partial charge in [-0.1, -0.05) is 6.07 Å². The first kappa shape index (κ1) is 15.2. The van der Waals surface area contributed by atoms with Gasteiger partial charge in [-0.3, -0.25) is 4.68 Å². The first-order valence-electron chi connectivity index (χ1n) is 7.35. The number of nitrogens with zero attached hydrogens (tertiary/aromatic N) is 2. The number of aryl methyl sites for hydroxylation is 1. The van der Waals surface area contributed by atoms with Crippen LogP contribution in [0.4, 0.5) is 4.39 Å². The molecule has 1 aliphatic carbocycles. The van der Waals surface area contributed by atoms with E-state index in [0.717, 1.165) is 25.3 Å². The van der Waals surface area contributed by atoms with Gasteiger partial charge >= 0.3 is 0 Å².